The molecule has 0 radical (unpaired) electrons. The molecule has 55 heavy (non-hydrogen) atoms. The number of para-hydroxylation sites is 4. The molecule has 7 nitrogen and oxygen atoms in total. The second-order valence-corrected chi connectivity index (χ2v) is 14.4. The molecule has 4 aromatic heterocycles. The van der Waals surface area contributed by atoms with Gasteiger partial charge in [0.05, 0.1) is 22.1 Å². The quantitative estimate of drug-likeness (QED) is 0.171. The second-order valence-electron chi connectivity index (χ2n) is 13.4. The Labute approximate surface area is 319 Å². The fourth-order valence-electron chi connectivity index (χ4n) is 7.71. The Hall–Kier alpha value is -7.29. The highest BCUT2D eigenvalue weighted by Gasteiger charge is 2.22. The number of benzene rings is 7. The Morgan fingerprint density at radius 3 is 1.62 bits per heavy atom. The minimum atomic E-state index is 0.538. The fraction of sp³-hybridized carbons (Fsp3) is 0. The standard InChI is InChI=1S/C47H29N7S/c1-4-15-30(16-5-1)43-48-44(31-17-6-2-7-18-31)50-47(49-43)54-40-26-13-10-21-34(40)36-23-14-24-37(42(36)54)46-52-51-45(55-46)32-27-28-41-38(29-32)35-22-11-12-25-39(35)53(41)33-19-8-3-9-20-33/h1-29H. The van der Waals surface area contributed by atoms with Crippen LogP contribution >= 0.6 is 11.3 Å². The summed E-state index contributed by atoms with van der Waals surface area (Å²) in [6, 6.07) is 60.6. The molecule has 0 saturated heterocycles. The minimum absolute atomic E-state index is 0.538. The van der Waals surface area contributed by atoms with Crippen molar-refractivity contribution in [2.24, 2.45) is 0 Å². The summed E-state index contributed by atoms with van der Waals surface area (Å²) in [5.74, 6) is 1.75. The molecule has 0 aliphatic rings. The Bertz CT molecular complexity index is 3140. The molecule has 258 valence electrons. The van der Waals surface area contributed by atoms with E-state index in [2.05, 4.69) is 124 Å². The fourth-order valence-corrected chi connectivity index (χ4v) is 8.57. The third-order valence-corrected chi connectivity index (χ3v) is 11.2. The van der Waals surface area contributed by atoms with E-state index in [-0.39, 0.29) is 0 Å². The van der Waals surface area contributed by atoms with Crippen LogP contribution in [0.1, 0.15) is 0 Å². The van der Waals surface area contributed by atoms with E-state index in [0.29, 0.717) is 17.6 Å². The zero-order chi connectivity index (χ0) is 36.3. The van der Waals surface area contributed by atoms with Crippen LogP contribution in [0, 0.1) is 0 Å². The van der Waals surface area contributed by atoms with Gasteiger partial charge in [-0.3, -0.25) is 4.57 Å². The lowest BCUT2D eigenvalue weighted by atomic mass is 10.1. The molecule has 0 aliphatic carbocycles. The number of aromatic nitrogens is 7. The van der Waals surface area contributed by atoms with Crippen LogP contribution in [-0.2, 0) is 0 Å². The molecule has 0 spiro atoms. The van der Waals surface area contributed by atoms with Crippen molar-refractivity contribution in [3.8, 4) is 55.6 Å². The molecule has 0 atom stereocenters. The van der Waals surface area contributed by atoms with Crippen molar-refractivity contribution < 1.29 is 0 Å². The molecule has 0 bridgehead atoms. The van der Waals surface area contributed by atoms with Gasteiger partial charge in [0.15, 0.2) is 11.6 Å². The van der Waals surface area contributed by atoms with Crippen LogP contribution in [0.25, 0.3) is 99.2 Å². The average Bonchev–Trinajstić information content (AvgIpc) is 3.98. The molecular formula is C47H29N7S. The number of rotatable bonds is 6. The van der Waals surface area contributed by atoms with Gasteiger partial charge in [0.25, 0.3) is 0 Å². The monoisotopic (exact) mass is 723 g/mol. The van der Waals surface area contributed by atoms with Crippen LogP contribution in [0.15, 0.2) is 176 Å². The molecular weight excluding hydrogens is 695 g/mol. The first kappa shape index (κ1) is 31.3. The average molecular weight is 724 g/mol. The topological polar surface area (TPSA) is 74.3 Å². The number of hydrogen-bond donors (Lipinski definition) is 0. The Morgan fingerprint density at radius 1 is 0.382 bits per heavy atom. The van der Waals surface area contributed by atoms with Gasteiger partial charge in [-0.05, 0) is 48.5 Å². The van der Waals surface area contributed by atoms with Gasteiger partial charge in [0.1, 0.15) is 10.0 Å². The van der Waals surface area contributed by atoms with E-state index < -0.39 is 0 Å². The Morgan fingerprint density at radius 2 is 0.927 bits per heavy atom. The van der Waals surface area contributed by atoms with Crippen molar-refractivity contribution in [3.05, 3.63) is 176 Å². The molecule has 11 aromatic rings. The highest BCUT2D eigenvalue weighted by molar-refractivity contribution is 7.18. The molecule has 0 unspecified atom stereocenters. The Balaban J connectivity index is 1.10. The number of hydrogen-bond acceptors (Lipinski definition) is 6. The third kappa shape index (κ3) is 5.15. The van der Waals surface area contributed by atoms with Crippen LogP contribution in [0.4, 0.5) is 0 Å². The predicted octanol–water partition coefficient (Wildman–Crippen LogP) is 11.6. The SMILES string of the molecule is c1ccc(-c2nc(-c3ccccc3)nc(-n3c4ccccc4c4cccc(-c5nnc(-c6ccc7c(c6)c6ccccc6n7-c6ccccc6)s5)c43)n2)cc1. The molecule has 4 heterocycles. The van der Waals surface area contributed by atoms with Crippen molar-refractivity contribution in [1.82, 2.24) is 34.3 Å². The van der Waals surface area contributed by atoms with Crippen molar-refractivity contribution in [2.45, 2.75) is 0 Å². The molecule has 0 aliphatic heterocycles. The summed E-state index contributed by atoms with van der Waals surface area (Å²) in [7, 11) is 0. The lowest BCUT2D eigenvalue weighted by Crippen LogP contribution is -2.06. The third-order valence-electron chi connectivity index (χ3n) is 10.2. The van der Waals surface area contributed by atoms with Gasteiger partial charge in [-0.1, -0.05) is 139 Å². The Kier molecular flexibility index (Phi) is 7.21. The summed E-state index contributed by atoms with van der Waals surface area (Å²) in [6.45, 7) is 0. The van der Waals surface area contributed by atoms with Crippen molar-refractivity contribution in [3.63, 3.8) is 0 Å². The number of fused-ring (bicyclic) bond motifs is 6. The van der Waals surface area contributed by atoms with Crippen molar-refractivity contribution >= 4 is 54.9 Å². The molecule has 0 N–H and O–H groups in total. The van der Waals surface area contributed by atoms with Gasteiger partial charge >= 0.3 is 0 Å². The maximum atomic E-state index is 5.14. The molecule has 8 heteroatoms. The van der Waals surface area contributed by atoms with Crippen LogP contribution < -0.4 is 0 Å². The summed E-state index contributed by atoms with van der Waals surface area (Å²) >= 11 is 1.59. The van der Waals surface area contributed by atoms with E-state index in [4.69, 9.17) is 25.1 Å². The van der Waals surface area contributed by atoms with Gasteiger partial charge in [-0.15, -0.1) is 10.2 Å². The molecule has 7 aromatic carbocycles. The second kappa shape index (κ2) is 12.7. The normalized spacial score (nSPS) is 11.6. The zero-order valence-corrected chi connectivity index (χ0v) is 30.1. The van der Waals surface area contributed by atoms with Crippen LogP contribution in [0.3, 0.4) is 0 Å². The van der Waals surface area contributed by atoms with Crippen LogP contribution in [0.5, 0.6) is 0 Å². The lowest BCUT2D eigenvalue weighted by Gasteiger charge is -2.12. The van der Waals surface area contributed by atoms with Crippen LogP contribution in [-0.4, -0.2) is 34.3 Å². The van der Waals surface area contributed by atoms with E-state index >= 15 is 0 Å². The van der Waals surface area contributed by atoms with Gasteiger partial charge in [0, 0.05) is 49.5 Å². The summed E-state index contributed by atoms with van der Waals surface area (Å²) in [5.41, 5.74) is 9.24. The molecule has 0 fully saturated rings. The summed E-state index contributed by atoms with van der Waals surface area (Å²) in [4.78, 5) is 15.2. The van der Waals surface area contributed by atoms with E-state index in [1.54, 1.807) is 11.3 Å². The van der Waals surface area contributed by atoms with Gasteiger partial charge < -0.3 is 4.57 Å². The van der Waals surface area contributed by atoms with E-state index in [9.17, 15) is 0 Å². The first-order chi connectivity index (χ1) is 27.3. The van der Waals surface area contributed by atoms with Gasteiger partial charge in [-0.25, -0.2) is 4.98 Å². The molecule has 0 amide bonds. The highest BCUT2D eigenvalue weighted by atomic mass is 32.1. The van der Waals surface area contributed by atoms with E-state index in [1.807, 2.05) is 60.7 Å². The number of nitrogens with zero attached hydrogens (tertiary/aromatic N) is 7. The van der Waals surface area contributed by atoms with Crippen LogP contribution in [0.2, 0.25) is 0 Å². The smallest absolute Gasteiger partial charge is 0.238 e. The maximum Gasteiger partial charge on any atom is 0.238 e. The lowest BCUT2D eigenvalue weighted by molar-refractivity contribution is 0.953. The molecule has 0 saturated carbocycles. The highest BCUT2D eigenvalue weighted by Crippen LogP contribution is 2.41. The first-order valence-electron chi connectivity index (χ1n) is 18.1. The predicted molar refractivity (Wildman–Crippen MR) is 224 cm³/mol. The first-order valence-corrected chi connectivity index (χ1v) is 18.9. The summed E-state index contributed by atoms with van der Waals surface area (Å²) in [6.07, 6.45) is 0. The zero-order valence-electron chi connectivity index (χ0n) is 29.3. The van der Waals surface area contributed by atoms with Gasteiger partial charge in [-0.2, -0.15) is 9.97 Å². The minimum Gasteiger partial charge on any atom is -0.309 e. The van der Waals surface area contributed by atoms with E-state index in [1.165, 1.54) is 16.3 Å². The van der Waals surface area contributed by atoms with Gasteiger partial charge in [0.2, 0.25) is 5.95 Å². The van der Waals surface area contributed by atoms with E-state index in [0.717, 1.165) is 65.3 Å². The summed E-state index contributed by atoms with van der Waals surface area (Å²) in [5, 5.41) is 15.9. The van der Waals surface area contributed by atoms with Crippen molar-refractivity contribution in [2.75, 3.05) is 0 Å². The molecule has 11 rings (SSSR count). The maximum absolute atomic E-state index is 5.14. The summed E-state index contributed by atoms with van der Waals surface area (Å²) < 4.78 is 4.49. The van der Waals surface area contributed by atoms with Crippen molar-refractivity contribution in [1.29, 1.82) is 0 Å². The largest absolute Gasteiger partial charge is 0.309 e.